The summed E-state index contributed by atoms with van der Waals surface area (Å²) in [6, 6.07) is 31.6. The number of hydrogen-bond donors (Lipinski definition) is 4. The number of carbonyl (C=O) groups is 2. The van der Waals surface area contributed by atoms with Gasteiger partial charge in [-0.05, 0) is 78.4 Å². The van der Waals surface area contributed by atoms with Crippen LogP contribution in [-0.2, 0) is 32.2 Å². The van der Waals surface area contributed by atoms with E-state index in [0.29, 0.717) is 24.3 Å². The molecule has 2 aliphatic rings. The Morgan fingerprint density at radius 1 is 0.780 bits per heavy atom. The number of likely N-dealkylation sites (tertiary alicyclic amines) is 1. The van der Waals surface area contributed by atoms with Gasteiger partial charge in [0.25, 0.3) is 0 Å². The Morgan fingerprint density at radius 2 is 1.52 bits per heavy atom. The van der Waals surface area contributed by atoms with Gasteiger partial charge in [-0.25, -0.2) is 0 Å². The molecule has 50 heavy (non-hydrogen) atoms. The minimum absolute atomic E-state index is 0.0208. The lowest BCUT2D eigenvalue weighted by Crippen LogP contribution is -2.41. The average molecular weight is 677 g/mol. The van der Waals surface area contributed by atoms with Crippen LogP contribution in [0.4, 0.5) is 11.4 Å². The van der Waals surface area contributed by atoms with Crippen LogP contribution in [-0.4, -0.2) is 47.6 Å². The maximum atomic E-state index is 12.5. The fraction of sp³-hybridized carbons (Fsp3) is 0.366. The number of piperidine rings is 1. The molecule has 3 atom stereocenters. The highest BCUT2D eigenvalue weighted by atomic mass is 16.7. The van der Waals surface area contributed by atoms with Crippen molar-refractivity contribution < 1.29 is 24.2 Å². The SMILES string of the molecule is Nc1ccccc1NC(=O)CCCC(=O)NCc1cccc(-c2ccc(C3OC(CN4CCCCC4)CC(c4ccc(CO)cc4)O3)cc2)c1. The molecule has 2 saturated heterocycles. The fourth-order valence-corrected chi connectivity index (χ4v) is 6.68. The smallest absolute Gasteiger partial charge is 0.224 e. The molecule has 5 N–H and O–H groups in total. The van der Waals surface area contributed by atoms with Gasteiger partial charge in [-0.1, -0.05) is 85.3 Å². The number of hydrogen-bond acceptors (Lipinski definition) is 7. The largest absolute Gasteiger partial charge is 0.397 e. The second-order valence-corrected chi connectivity index (χ2v) is 13.3. The predicted octanol–water partition coefficient (Wildman–Crippen LogP) is 6.88. The van der Waals surface area contributed by atoms with Crippen LogP contribution in [0.3, 0.4) is 0 Å². The second kappa shape index (κ2) is 17.4. The molecule has 9 heteroatoms. The number of nitrogens with zero attached hydrogens (tertiary/aromatic N) is 1. The van der Waals surface area contributed by atoms with Gasteiger partial charge in [0.2, 0.25) is 11.8 Å². The van der Waals surface area contributed by atoms with E-state index in [-0.39, 0.29) is 43.5 Å². The summed E-state index contributed by atoms with van der Waals surface area (Å²) < 4.78 is 13.2. The van der Waals surface area contributed by atoms with Gasteiger partial charge in [0, 0.05) is 37.9 Å². The van der Waals surface area contributed by atoms with E-state index < -0.39 is 6.29 Å². The highest BCUT2D eigenvalue weighted by molar-refractivity contribution is 5.94. The number of carbonyl (C=O) groups excluding carboxylic acids is 2. The topological polar surface area (TPSA) is 126 Å². The predicted molar refractivity (Wildman–Crippen MR) is 196 cm³/mol. The molecule has 2 aliphatic heterocycles. The fourth-order valence-electron chi connectivity index (χ4n) is 6.68. The van der Waals surface area contributed by atoms with Gasteiger partial charge in [0.15, 0.2) is 6.29 Å². The summed E-state index contributed by atoms with van der Waals surface area (Å²) in [7, 11) is 0. The molecule has 9 nitrogen and oxygen atoms in total. The van der Waals surface area contributed by atoms with Crippen LogP contribution in [0.1, 0.15) is 79.6 Å². The maximum Gasteiger partial charge on any atom is 0.224 e. The third kappa shape index (κ3) is 9.79. The Kier molecular flexibility index (Phi) is 12.3. The Bertz CT molecular complexity index is 1710. The van der Waals surface area contributed by atoms with Crippen molar-refractivity contribution in [1.82, 2.24) is 10.2 Å². The van der Waals surface area contributed by atoms with Crippen molar-refractivity contribution >= 4 is 23.2 Å². The molecule has 0 spiro atoms. The number of aliphatic hydroxyl groups excluding tert-OH is 1. The lowest BCUT2D eigenvalue weighted by atomic mass is 9.98. The Balaban J connectivity index is 1.03. The summed E-state index contributed by atoms with van der Waals surface area (Å²) in [4.78, 5) is 27.3. The van der Waals surface area contributed by atoms with E-state index in [1.54, 1.807) is 12.1 Å². The molecule has 0 radical (unpaired) electrons. The number of nitrogens with one attached hydrogen (secondary N) is 2. The molecule has 4 aromatic rings. The molecule has 262 valence electrons. The van der Waals surface area contributed by atoms with Crippen molar-refractivity contribution in [1.29, 1.82) is 0 Å². The van der Waals surface area contributed by atoms with Gasteiger partial charge in [0.1, 0.15) is 0 Å². The van der Waals surface area contributed by atoms with E-state index in [2.05, 4.69) is 64.1 Å². The second-order valence-electron chi connectivity index (χ2n) is 13.3. The van der Waals surface area contributed by atoms with Gasteiger partial charge in [-0.2, -0.15) is 0 Å². The van der Waals surface area contributed by atoms with Crippen molar-refractivity contribution in [3.8, 4) is 11.1 Å². The molecule has 3 unspecified atom stereocenters. The van der Waals surface area contributed by atoms with Crippen LogP contribution in [0, 0.1) is 0 Å². The zero-order valence-corrected chi connectivity index (χ0v) is 28.6. The molecule has 0 bridgehead atoms. The number of aliphatic hydroxyl groups is 1. The quantitative estimate of drug-likeness (QED) is 0.114. The number of ether oxygens (including phenoxy) is 2. The lowest BCUT2D eigenvalue weighted by molar-refractivity contribution is -0.253. The molecule has 0 aliphatic carbocycles. The van der Waals surface area contributed by atoms with Crippen LogP contribution < -0.4 is 16.4 Å². The third-order valence-corrected chi connectivity index (χ3v) is 9.50. The van der Waals surface area contributed by atoms with Crippen LogP contribution in [0.15, 0.2) is 97.1 Å². The number of benzene rings is 4. The number of nitrogens with two attached hydrogens (primary N) is 1. The molecule has 2 amide bonds. The van der Waals surface area contributed by atoms with Crippen molar-refractivity contribution in [3.05, 3.63) is 119 Å². The van der Waals surface area contributed by atoms with Crippen LogP contribution in [0.2, 0.25) is 0 Å². The Morgan fingerprint density at radius 3 is 2.28 bits per heavy atom. The summed E-state index contributed by atoms with van der Waals surface area (Å²) in [5.74, 6) is -0.262. The van der Waals surface area contributed by atoms with Crippen LogP contribution >= 0.6 is 0 Å². The monoisotopic (exact) mass is 676 g/mol. The Labute approximate surface area is 294 Å². The molecular formula is C41H48N4O5. The van der Waals surface area contributed by atoms with Gasteiger partial charge in [-0.3, -0.25) is 9.59 Å². The number of para-hydroxylation sites is 2. The molecule has 6 rings (SSSR count). The molecule has 4 aromatic carbocycles. The van der Waals surface area contributed by atoms with E-state index >= 15 is 0 Å². The summed E-state index contributed by atoms with van der Waals surface area (Å²) in [5.41, 5.74) is 13.0. The average Bonchev–Trinajstić information content (AvgIpc) is 3.15. The number of amides is 2. The summed E-state index contributed by atoms with van der Waals surface area (Å²) in [6.45, 7) is 3.55. The van der Waals surface area contributed by atoms with E-state index in [1.165, 1.54) is 19.3 Å². The molecule has 2 heterocycles. The lowest BCUT2D eigenvalue weighted by Gasteiger charge is -2.39. The Hall–Kier alpha value is -4.54. The highest BCUT2D eigenvalue weighted by Gasteiger charge is 2.33. The molecule has 0 aromatic heterocycles. The molecule has 0 saturated carbocycles. The number of anilines is 2. The first-order valence-corrected chi connectivity index (χ1v) is 17.8. The molecular weight excluding hydrogens is 628 g/mol. The van der Waals surface area contributed by atoms with Crippen molar-refractivity contribution in [2.45, 2.75) is 76.6 Å². The first kappa shape index (κ1) is 35.3. The van der Waals surface area contributed by atoms with Crippen molar-refractivity contribution in [2.75, 3.05) is 30.7 Å². The number of nitrogen functional groups attached to an aromatic ring is 1. The maximum absolute atomic E-state index is 12.5. The summed E-state index contributed by atoms with van der Waals surface area (Å²) in [5, 5.41) is 15.3. The van der Waals surface area contributed by atoms with E-state index in [0.717, 1.165) is 59.4 Å². The normalized spacial score (nSPS) is 19.5. The van der Waals surface area contributed by atoms with Gasteiger partial charge in [-0.15, -0.1) is 0 Å². The van der Waals surface area contributed by atoms with Crippen molar-refractivity contribution in [3.63, 3.8) is 0 Å². The third-order valence-electron chi connectivity index (χ3n) is 9.50. The van der Waals surface area contributed by atoms with Gasteiger partial charge >= 0.3 is 0 Å². The molecule has 2 fully saturated rings. The van der Waals surface area contributed by atoms with E-state index in [1.807, 2.05) is 36.4 Å². The van der Waals surface area contributed by atoms with Crippen LogP contribution in [0.25, 0.3) is 11.1 Å². The summed E-state index contributed by atoms with van der Waals surface area (Å²) in [6.07, 6.45) is 4.96. The van der Waals surface area contributed by atoms with Crippen LogP contribution in [0.5, 0.6) is 0 Å². The van der Waals surface area contributed by atoms with Crippen molar-refractivity contribution in [2.24, 2.45) is 0 Å². The van der Waals surface area contributed by atoms with E-state index in [9.17, 15) is 14.7 Å². The van der Waals surface area contributed by atoms with Gasteiger partial charge < -0.3 is 35.8 Å². The highest BCUT2D eigenvalue weighted by Crippen LogP contribution is 2.39. The van der Waals surface area contributed by atoms with Gasteiger partial charge in [0.05, 0.1) is 30.2 Å². The first-order chi connectivity index (χ1) is 24.4. The van der Waals surface area contributed by atoms with E-state index in [4.69, 9.17) is 15.2 Å². The zero-order valence-electron chi connectivity index (χ0n) is 28.6. The zero-order chi connectivity index (χ0) is 34.7. The first-order valence-electron chi connectivity index (χ1n) is 17.8. The summed E-state index contributed by atoms with van der Waals surface area (Å²) >= 11 is 0. The minimum Gasteiger partial charge on any atom is -0.397 e. The minimum atomic E-state index is -0.487. The number of rotatable bonds is 13. The standard InChI is InChI=1S/C41H48N4O5/c42-36-10-2-3-11-37(36)44-40(48)13-7-12-39(47)43-26-30-8-6-9-34(24-30)31-18-20-33(21-19-31)41-49-35(27-45-22-4-1-5-23-45)25-38(50-41)32-16-14-29(28-46)15-17-32/h2-3,6,8-11,14-21,24,35,38,41,46H,1,4-5,7,12-13,22-23,25-28,42H2,(H,43,47)(H,44,48).